The van der Waals surface area contributed by atoms with Crippen LogP contribution in [0.25, 0.3) is 16.7 Å². The molecule has 0 aromatic heterocycles. The van der Waals surface area contributed by atoms with Gasteiger partial charge in [0.15, 0.2) is 0 Å². The van der Waals surface area contributed by atoms with Gasteiger partial charge in [-0.05, 0) is 17.2 Å². The zero-order valence-corrected chi connectivity index (χ0v) is 13.6. The predicted octanol–water partition coefficient (Wildman–Crippen LogP) is 2.20. The largest absolute Gasteiger partial charge is 0.365 e. The van der Waals surface area contributed by atoms with Gasteiger partial charge in [0.05, 0.1) is 26.4 Å². The molecule has 12 nitrogen and oxygen atoms in total. The standard InChI is InChI=1S/C16H7N5O7/c17-6-12(16(18)22)14-10-3-7(19(23)24)1-2-9(10)15-11(14)4-8(20(25)26)5-13(15)21(27)28/h1-5H,(H2,18,22)/b14-12-. The number of fused-ring (bicyclic) bond motifs is 3. The molecule has 1 amide bonds. The number of non-ortho nitro benzene ring substituents is 2. The normalized spacial score (nSPS) is 13.1. The quantitative estimate of drug-likeness (QED) is 0.307. The van der Waals surface area contributed by atoms with E-state index in [-0.39, 0.29) is 27.8 Å². The van der Waals surface area contributed by atoms with Gasteiger partial charge in [0.25, 0.3) is 23.0 Å². The van der Waals surface area contributed by atoms with Crippen LogP contribution in [0.2, 0.25) is 0 Å². The molecule has 0 bridgehead atoms. The van der Waals surface area contributed by atoms with E-state index in [1.54, 1.807) is 6.07 Å². The second-order valence-corrected chi connectivity index (χ2v) is 5.61. The van der Waals surface area contributed by atoms with Gasteiger partial charge < -0.3 is 5.73 Å². The Hall–Kier alpha value is -4.66. The van der Waals surface area contributed by atoms with E-state index >= 15 is 0 Å². The van der Waals surface area contributed by atoms with E-state index in [1.165, 1.54) is 6.07 Å². The maximum atomic E-state index is 11.7. The SMILES string of the molecule is N#C/C(C(N)=O)=C1\c2cc([N+](=O)[O-])ccc2-c2c1cc([N+](=O)[O-])cc2[N+](=O)[O-]. The first-order chi connectivity index (χ1) is 13.2. The number of nitrogens with two attached hydrogens (primary N) is 1. The van der Waals surface area contributed by atoms with Crippen LogP contribution in [0.1, 0.15) is 11.1 Å². The Balaban J connectivity index is 2.55. The monoisotopic (exact) mass is 381 g/mol. The van der Waals surface area contributed by atoms with Crippen LogP contribution in [-0.4, -0.2) is 20.7 Å². The lowest BCUT2D eigenvalue weighted by atomic mass is 9.97. The number of carbonyl (C=O) groups excluding carboxylic acids is 1. The highest BCUT2D eigenvalue weighted by atomic mass is 16.6. The molecule has 1 aliphatic rings. The average Bonchev–Trinajstić information content (AvgIpc) is 2.95. The van der Waals surface area contributed by atoms with Gasteiger partial charge in [-0.1, -0.05) is 0 Å². The van der Waals surface area contributed by atoms with Crippen LogP contribution in [0, 0.1) is 41.7 Å². The molecule has 0 aliphatic heterocycles. The summed E-state index contributed by atoms with van der Waals surface area (Å²) in [5.74, 6) is -1.18. The van der Waals surface area contributed by atoms with Crippen molar-refractivity contribution >= 4 is 28.5 Å². The highest BCUT2D eigenvalue weighted by Gasteiger charge is 2.37. The third kappa shape index (κ3) is 2.59. The van der Waals surface area contributed by atoms with Crippen molar-refractivity contribution in [3.8, 4) is 17.2 Å². The van der Waals surface area contributed by atoms with E-state index in [4.69, 9.17) is 5.73 Å². The summed E-state index contributed by atoms with van der Waals surface area (Å²) in [6.45, 7) is 0. The van der Waals surface area contributed by atoms with Crippen molar-refractivity contribution in [3.05, 3.63) is 77.4 Å². The molecular weight excluding hydrogens is 374 g/mol. The Morgan fingerprint density at radius 3 is 2.00 bits per heavy atom. The van der Waals surface area contributed by atoms with Crippen LogP contribution in [0.4, 0.5) is 17.1 Å². The Kier molecular flexibility index (Phi) is 4.05. The molecule has 0 saturated carbocycles. The van der Waals surface area contributed by atoms with Crippen molar-refractivity contribution in [2.75, 3.05) is 0 Å². The van der Waals surface area contributed by atoms with E-state index in [9.17, 15) is 40.4 Å². The summed E-state index contributed by atoms with van der Waals surface area (Å²) in [6.07, 6.45) is 0. The second kappa shape index (κ2) is 6.25. The highest BCUT2D eigenvalue weighted by molar-refractivity contribution is 6.15. The average molecular weight is 381 g/mol. The Bertz CT molecular complexity index is 1190. The number of hydrogen-bond acceptors (Lipinski definition) is 8. The molecule has 0 fully saturated rings. The lowest BCUT2D eigenvalue weighted by molar-refractivity contribution is -0.393. The molecule has 0 spiro atoms. The predicted molar refractivity (Wildman–Crippen MR) is 92.7 cm³/mol. The van der Waals surface area contributed by atoms with Gasteiger partial charge in [-0.25, -0.2) is 0 Å². The molecule has 0 atom stereocenters. The molecule has 28 heavy (non-hydrogen) atoms. The lowest BCUT2D eigenvalue weighted by Crippen LogP contribution is -2.14. The number of primary amides is 1. The van der Waals surface area contributed by atoms with Crippen molar-refractivity contribution in [2.24, 2.45) is 5.73 Å². The van der Waals surface area contributed by atoms with Crippen LogP contribution < -0.4 is 5.73 Å². The van der Waals surface area contributed by atoms with Crippen molar-refractivity contribution in [1.82, 2.24) is 0 Å². The fraction of sp³-hybridized carbons (Fsp3) is 0. The molecule has 138 valence electrons. The third-order valence-corrected chi connectivity index (χ3v) is 4.14. The van der Waals surface area contributed by atoms with Crippen LogP contribution in [0.3, 0.4) is 0 Å². The number of amides is 1. The zero-order chi connectivity index (χ0) is 20.7. The number of rotatable bonds is 4. The fourth-order valence-corrected chi connectivity index (χ4v) is 3.06. The van der Waals surface area contributed by atoms with E-state index in [0.717, 1.165) is 24.3 Å². The first kappa shape index (κ1) is 18.1. The molecule has 2 aromatic carbocycles. The maximum Gasteiger partial charge on any atom is 0.284 e. The molecule has 0 heterocycles. The van der Waals surface area contributed by atoms with Gasteiger partial charge in [-0.2, -0.15) is 5.26 Å². The minimum atomic E-state index is -1.18. The molecule has 0 saturated heterocycles. The van der Waals surface area contributed by atoms with E-state index in [1.807, 2.05) is 0 Å². The van der Waals surface area contributed by atoms with Crippen LogP contribution >= 0.6 is 0 Å². The van der Waals surface area contributed by atoms with Gasteiger partial charge in [0, 0.05) is 29.3 Å². The maximum absolute atomic E-state index is 11.7. The zero-order valence-electron chi connectivity index (χ0n) is 13.6. The van der Waals surface area contributed by atoms with Crippen LogP contribution in [0.5, 0.6) is 0 Å². The number of nitro benzene ring substituents is 3. The summed E-state index contributed by atoms with van der Waals surface area (Å²) in [5, 5.41) is 43.1. The minimum Gasteiger partial charge on any atom is -0.365 e. The number of nitrogens with zero attached hydrogens (tertiary/aromatic N) is 4. The Morgan fingerprint density at radius 1 is 0.893 bits per heavy atom. The molecule has 2 N–H and O–H groups in total. The summed E-state index contributed by atoms with van der Waals surface area (Å²) in [4.78, 5) is 43.1. The first-order valence-corrected chi connectivity index (χ1v) is 7.38. The summed E-state index contributed by atoms with van der Waals surface area (Å²) >= 11 is 0. The highest BCUT2D eigenvalue weighted by Crippen LogP contribution is 2.51. The molecule has 1 aliphatic carbocycles. The van der Waals surface area contributed by atoms with Crippen molar-refractivity contribution in [2.45, 2.75) is 0 Å². The van der Waals surface area contributed by atoms with E-state index in [2.05, 4.69) is 0 Å². The summed E-state index contributed by atoms with van der Waals surface area (Å²) in [5.41, 5.74) is 2.52. The lowest BCUT2D eigenvalue weighted by Gasteiger charge is -2.05. The third-order valence-electron chi connectivity index (χ3n) is 4.14. The second-order valence-electron chi connectivity index (χ2n) is 5.61. The fourth-order valence-electron chi connectivity index (χ4n) is 3.06. The molecule has 12 heteroatoms. The number of nitriles is 1. The van der Waals surface area contributed by atoms with Crippen molar-refractivity contribution < 1.29 is 19.6 Å². The summed E-state index contributed by atoms with van der Waals surface area (Å²) < 4.78 is 0. The van der Waals surface area contributed by atoms with E-state index in [0.29, 0.717) is 0 Å². The molecule has 2 aromatic rings. The number of carbonyl (C=O) groups is 1. The molecule has 0 radical (unpaired) electrons. The Morgan fingerprint density at radius 2 is 1.50 bits per heavy atom. The molecule has 3 rings (SSSR count). The van der Waals surface area contributed by atoms with E-state index < -0.39 is 43.3 Å². The van der Waals surface area contributed by atoms with Gasteiger partial charge in [0.1, 0.15) is 11.6 Å². The number of benzene rings is 2. The minimum absolute atomic E-state index is 0.0249. The van der Waals surface area contributed by atoms with Crippen LogP contribution in [0.15, 0.2) is 35.9 Å². The van der Waals surface area contributed by atoms with Gasteiger partial charge in [-0.15, -0.1) is 0 Å². The van der Waals surface area contributed by atoms with Gasteiger partial charge >= 0.3 is 0 Å². The van der Waals surface area contributed by atoms with Crippen LogP contribution in [-0.2, 0) is 4.79 Å². The van der Waals surface area contributed by atoms with Gasteiger partial charge in [-0.3, -0.25) is 35.1 Å². The Labute approximate surface area is 154 Å². The molecular formula is C16H7N5O7. The summed E-state index contributed by atoms with van der Waals surface area (Å²) in [6, 6.07) is 6.60. The first-order valence-electron chi connectivity index (χ1n) is 7.38. The topological polar surface area (TPSA) is 196 Å². The van der Waals surface area contributed by atoms with Gasteiger partial charge in [0.2, 0.25) is 0 Å². The molecule has 0 unspecified atom stereocenters. The van der Waals surface area contributed by atoms with Crippen molar-refractivity contribution in [1.29, 1.82) is 5.26 Å². The number of nitro groups is 3. The summed E-state index contributed by atoms with van der Waals surface area (Å²) in [7, 11) is 0. The smallest absolute Gasteiger partial charge is 0.284 e. The van der Waals surface area contributed by atoms with Crippen molar-refractivity contribution in [3.63, 3.8) is 0 Å². The number of hydrogen-bond donors (Lipinski definition) is 1.